The predicted octanol–water partition coefficient (Wildman–Crippen LogP) is 4.60. The molecule has 0 saturated carbocycles. The van der Waals surface area contributed by atoms with Crippen molar-refractivity contribution in [2.45, 2.75) is 52.5 Å². The van der Waals surface area contributed by atoms with Gasteiger partial charge in [0, 0.05) is 6.20 Å². The Balaban J connectivity index is 2.74. The van der Waals surface area contributed by atoms with Crippen LogP contribution in [0, 0.1) is 5.92 Å². The predicted molar refractivity (Wildman–Crippen MR) is 79.0 cm³/mol. The number of rotatable bonds is 8. The largest absolute Gasteiger partial charge is 0.309 e. The van der Waals surface area contributed by atoms with E-state index in [0.717, 1.165) is 30.1 Å². The lowest BCUT2D eigenvalue weighted by Gasteiger charge is -2.22. The van der Waals surface area contributed by atoms with Crippen LogP contribution in [0.4, 0.5) is 0 Å². The molecule has 102 valence electrons. The molecular formula is C15H25ClN2. The molecule has 0 radical (unpaired) electrons. The number of hydrogen-bond donors (Lipinski definition) is 1. The lowest BCUT2D eigenvalue weighted by molar-refractivity contribution is 0.385. The summed E-state index contributed by atoms with van der Waals surface area (Å²) >= 11 is 6.26. The lowest BCUT2D eigenvalue weighted by atomic mass is 9.95. The second-order valence-corrected chi connectivity index (χ2v) is 5.41. The van der Waals surface area contributed by atoms with Crippen molar-refractivity contribution < 1.29 is 0 Å². The maximum atomic E-state index is 6.26. The van der Waals surface area contributed by atoms with Gasteiger partial charge in [-0.1, -0.05) is 45.2 Å². The van der Waals surface area contributed by atoms with E-state index in [1.807, 2.05) is 18.3 Å². The quantitative estimate of drug-likeness (QED) is 0.745. The van der Waals surface area contributed by atoms with Crippen LogP contribution in [0.1, 0.15) is 58.2 Å². The first kappa shape index (κ1) is 15.5. The number of nitrogens with one attached hydrogen (secondary N) is 1. The fourth-order valence-electron chi connectivity index (χ4n) is 2.28. The van der Waals surface area contributed by atoms with Crippen LogP contribution in [0.5, 0.6) is 0 Å². The van der Waals surface area contributed by atoms with Crippen LogP contribution in [0.2, 0.25) is 5.02 Å². The minimum absolute atomic E-state index is 0.278. The van der Waals surface area contributed by atoms with Crippen LogP contribution >= 0.6 is 11.6 Å². The Bertz CT molecular complexity index is 341. The molecule has 1 heterocycles. The average molecular weight is 269 g/mol. The Kier molecular flexibility index (Phi) is 7.29. The van der Waals surface area contributed by atoms with E-state index in [-0.39, 0.29) is 6.04 Å². The second-order valence-electron chi connectivity index (χ2n) is 5.01. The molecule has 1 N–H and O–H groups in total. The van der Waals surface area contributed by atoms with E-state index in [0.29, 0.717) is 5.92 Å². The van der Waals surface area contributed by atoms with Crippen LogP contribution in [-0.2, 0) is 0 Å². The molecule has 0 aliphatic rings. The maximum Gasteiger partial charge on any atom is 0.0759 e. The van der Waals surface area contributed by atoms with Crippen molar-refractivity contribution in [2.75, 3.05) is 6.54 Å². The zero-order chi connectivity index (χ0) is 13.4. The van der Waals surface area contributed by atoms with Crippen LogP contribution in [0.15, 0.2) is 18.3 Å². The molecular weight excluding hydrogens is 244 g/mol. The third-order valence-electron chi connectivity index (χ3n) is 3.18. The number of hydrogen-bond acceptors (Lipinski definition) is 2. The van der Waals surface area contributed by atoms with Gasteiger partial charge in [-0.2, -0.15) is 0 Å². The molecule has 2 atom stereocenters. The van der Waals surface area contributed by atoms with Crippen molar-refractivity contribution in [3.05, 3.63) is 29.0 Å². The summed E-state index contributed by atoms with van der Waals surface area (Å²) < 4.78 is 0. The highest BCUT2D eigenvalue weighted by atomic mass is 35.5. The van der Waals surface area contributed by atoms with Crippen LogP contribution in [-0.4, -0.2) is 11.5 Å². The summed E-state index contributed by atoms with van der Waals surface area (Å²) in [7, 11) is 0. The van der Waals surface area contributed by atoms with E-state index in [1.54, 1.807) is 0 Å². The molecule has 0 aliphatic heterocycles. The Morgan fingerprint density at radius 2 is 2.11 bits per heavy atom. The molecule has 1 aromatic rings. The molecule has 0 fully saturated rings. The molecule has 0 aliphatic carbocycles. The van der Waals surface area contributed by atoms with E-state index in [1.165, 1.54) is 12.8 Å². The Morgan fingerprint density at radius 3 is 2.72 bits per heavy atom. The molecule has 18 heavy (non-hydrogen) atoms. The maximum absolute atomic E-state index is 6.26. The third kappa shape index (κ3) is 4.95. The zero-order valence-electron chi connectivity index (χ0n) is 11.7. The fourth-order valence-corrected chi connectivity index (χ4v) is 2.53. The van der Waals surface area contributed by atoms with Crippen molar-refractivity contribution in [3.63, 3.8) is 0 Å². The summed E-state index contributed by atoms with van der Waals surface area (Å²) in [6.45, 7) is 7.73. The first-order valence-corrected chi connectivity index (χ1v) is 7.40. The van der Waals surface area contributed by atoms with Crippen molar-refractivity contribution in [1.29, 1.82) is 0 Å². The molecule has 0 saturated heterocycles. The van der Waals surface area contributed by atoms with Crippen molar-refractivity contribution in [1.82, 2.24) is 10.3 Å². The van der Waals surface area contributed by atoms with Crippen LogP contribution < -0.4 is 5.32 Å². The first-order valence-electron chi connectivity index (χ1n) is 7.02. The monoisotopic (exact) mass is 268 g/mol. The minimum atomic E-state index is 0.278. The molecule has 1 aromatic heterocycles. The van der Waals surface area contributed by atoms with E-state index < -0.39 is 0 Å². The number of pyridine rings is 1. The zero-order valence-corrected chi connectivity index (χ0v) is 12.5. The highest BCUT2D eigenvalue weighted by Crippen LogP contribution is 2.27. The average Bonchev–Trinajstić information content (AvgIpc) is 2.35. The van der Waals surface area contributed by atoms with Gasteiger partial charge in [-0.3, -0.25) is 4.98 Å². The standard InChI is InChI=1S/C15H25ClN2/c1-4-7-12(3)11-14(17-9-5-2)15-13(16)8-6-10-18-15/h6,8,10,12,14,17H,4-5,7,9,11H2,1-3H3. The molecule has 0 aromatic carbocycles. The minimum Gasteiger partial charge on any atom is -0.309 e. The molecule has 1 rings (SSSR count). The van der Waals surface area contributed by atoms with E-state index in [9.17, 15) is 0 Å². The third-order valence-corrected chi connectivity index (χ3v) is 3.50. The van der Waals surface area contributed by atoms with Gasteiger partial charge in [0.15, 0.2) is 0 Å². The number of nitrogens with zero attached hydrogens (tertiary/aromatic N) is 1. The van der Waals surface area contributed by atoms with Gasteiger partial charge in [0.2, 0.25) is 0 Å². The van der Waals surface area contributed by atoms with Gasteiger partial charge in [0.25, 0.3) is 0 Å². The fraction of sp³-hybridized carbons (Fsp3) is 0.667. The van der Waals surface area contributed by atoms with Crippen molar-refractivity contribution >= 4 is 11.6 Å². The van der Waals surface area contributed by atoms with Gasteiger partial charge >= 0.3 is 0 Å². The molecule has 0 amide bonds. The normalized spacial score (nSPS) is 14.4. The highest BCUT2D eigenvalue weighted by molar-refractivity contribution is 6.31. The van der Waals surface area contributed by atoms with Crippen molar-refractivity contribution in [3.8, 4) is 0 Å². The second kappa shape index (κ2) is 8.49. The summed E-state index contributed by atoms with van der Waals surface area (Å²) in [4.78, 5) is 4.45. The van der Waals surface area contributed by atoms with Crippen molar-refractivity contribution in [2.24, 2.45) is 5.92 Å². The van der Waals surface area contributed by atoms with E-state index in [2.05, 4.69) is 31.1 Å². The Labute approximate surface area is 116 Å². The lowest BCUT2D eigenvalue weighted by Crippen LogP contribution is -2.25. The summed E-state index contributed by atoms with van der Waals surface area (Å²) in [6, 6.07) is 4.09. The molecule has 3 heteroatoms. The van der Waals surface area contributed by atoms with Crippen LogP contribution in [0.3, 0.4) is 0 Å². The molecule has 2 unspecified atom stereocenters. The Morgan fingerprint density at radius 1 is 1.33 bits per heavy atom. The molecule has 0 spiro atoms. The summed E-state index contributed by atoms with van der Waals surface area (Å²) in [5.74, 6) is 0.697. The summed E-state index contributed by atoms with van der Waals surface area (Å²) in [6.07, 6.45) is 6.55. The first-order chi connectivity index (χ1) is 8.69. The molecule has 2 nitrogen and oxygen atoms in total. The van der Waals surface area contributed by atoms with Gasteiger partial charge in [-0.25, -0.2) is 0 Å². The van der Waals surface area contributed by atoms with Gasteiger partial charge in [0.1, 0.15) is 0 Å². The van der Waals surface area contributed by atoms with Gasteiger partial charge in [0.05, 0.1) is 16.8 Å². The van der Waals surface area contributed by atoms with Gasteiger partial charge in [-0.05, 0) is 37.4 Å². The highest BCUT2D eigenvalue weighted by Gasteiger charge is 2.17. The van der Waals surface area contributed by atoms with E-state index in [4.69, 9.17) is 11.6 Å². The van der Waals surface area contributed by atoms with Gasteiger partial charge in [-0.15, -0.1) is 0 Å². The van der Waals surface area contributed by atoms with Gasteiger partial charge < -0.3 is 5.32 Å². The SMILES string of the molecule is CCCNC(CC(C)CCC)c1ncccc1Cl. The molecule has 0 bridgehead atoms. The van der Waals surface area contributed by atoms with E-state index >= 15 is 0 Å². The number of aromatic nitrogens is 1. The number of halogens is 1. The Hall–Kier alpha value is -0.600. The summed E-state index contributed by atoms with van der Waals surface area (Å²) in [5.41, 5.74) is 0.996. The van der Waals surface area contributed by atoms with Crippen LogP contribution in [0.25, 0.3) is 0 Å². The smallest absolute Gasteiger partial charge is 0.0759 e. The topological polar surface area (TPSA) is 24.9 Å². The summed E-state index contributed by atoms with van der Waals surface area (Å²) in [5, 5.41) is 4.34.